The van der Waals surface area contributed by atoms with Crippen LogP contribution < -0.4 is 9.46 Å². The first-order chi connectivity index (χ1) is 18.7. The number of aryl methyl sites for hydroxylation is 1. The van der Waals surface area contributed by atoms with Crippen LogP contribution in [0.25, 0.3) is 16.8 Å². The highest BCUT2D eigenvalue weighted by Crippen LogP contribution is 2.35. The summed E-state index contributed by atoms with van der Waals surface area (Å²) in [6, 6.07) is 14.4. The number of sulfonamides is 1. The molecule has 5 aromatic rings. The van der Waals surface area contributed by atoms with Gasteiger partial charge in [-0.25, -0.2) is 30.5 Å². The Kier molecular flexibility index (Phi) is 6.16. The molecule has 0 bridgehead atoms. The van der Waals surface area contributed by atoms with Crippen LogP contribution in [-0.4, -0.2) is 53.5 Å². The van der Waals surface area contributed by atoms with Gasteiger partial charge in [-0.15, -0.1) is 10.2 Å². The van der Waals surface area contributed by atoms with Crippen LogP contribution in [0.2, 0.25) is 0 Å². The molecular weight excluding hydrogens is 540 g/mol. The van der Waals surface area contributed by atoms with Gasteiger partial charge < -0.3 is 4.74 Å². The summed E-state index contributed by atoms with van der Waals surface area (Å²) in [5.41, 5.74) is 2.27. The molecule has 6 rings (SSSR count). The highest BCUT2D eigenvalue weighted by molar-refractivity contribution is 7.90. The van der Waals surface area contributed by atoms with Crippen molar-refractivity contribution >= 4 is 36.9 Å². The topological polar surface area (TPSA) is 138 Å². The minimum Gasteiger partial charge on any atom is -0.497 e. The van der Waals surface area contributed by atoms with E-state index in [2.05, 4.69) is 19.9 Å². The molecule has 1 aliphatic carbocycles. The maximum atomic E-state index is 13.4. The monoisotopic (exact) mass is 566 g/mol. The number of hydrogen-bond donors (Lipinski definition) is 1. The predicted molar refractivity (Wildman–Crippen MR) is 144 cm³/mol. The summed E-state index contributed by atoms with van der Waals surface area (Å²) in [6.45, 7) is 1.89. The first kappa shape index (κ1) is 25.5. The maximum absolute atomic E-state index is 13.4. The summed E-state index contributed by atoms with van der Waals surface area (Å²) in [5, 5.41) is 8.66. The summed E-state index contributed by atoms with van der Waals surface area (Å²) in [4.78, 5) is 4.69. The molecule has 2 atom stereocenters. The fraction of sp³-hybridized carbons (Fsp3) is 0.269. The molecule has 1 fully saturated rings. The van der Waals surface area contributed by atoms with Gasteiger partial charge >= 0.3 is 0 Å². The first-order valence-electron chi connectivity index (χ1n) is 12.4. The molecule has 202 valence electrons. The molecule has 0 radical (unpaired) electrons. The number of aromatic nitrogens is 5. The molecule has 0 saturated heterocycles. The fourth-order valence-corrected chi connectivity index (χ4v) is 7.73. The van der Waals surface area contributed by atoms with Gasteiger partial charge in [-0.2, -0.15) is 0 Å². The van der Waals surface area contributed by atoms with Crippen molar-refractivity contribution in [1.29, 1.82) is 0 Å². The van der Waals surface area contributed by atoms with Crippen LogP contribution in [0, 0.1) is 6.92 Å². The largest absolute Gasteiger partial charge is 0.497 e. The average molecular weight is 567 g/mol. The lowest BCUT2D eigenvalue weighted by Crippen LogP contribution is -2.33. The highest BCUT2D eigenvalue weighted by Gasteiger charge is 2.33. The van der Waals surface area contributed by atoms with Crippen LogP contribution in [0.15, 0.2) is 76.8 Å². The summed E-state index contributed by atoms with van der Waals surface area (Å²) in [5.74, 6) is 1.03. The van der Waals surface area contributed by atoms with E-state index in [0.717, 1.165) is 9.54 Å². The summed E-state index contributed by atoms with van der Waals surface area (Å²) < 4.78 is 63.7. The molecule has 1 aliphatic rings. The number of ether oxygens (including phenoxy) is 1. The van der Waals surface area contributed by atoms with Crippen molar-refractivity contribution in [2.24, 2.45) is 0 Å². The third-order valence-electron chi connectivity index (χ3n) is 7.11. The van der Waals surface area contributed by atoms with Gasteiger partial charge in [0.1, 0.15) is 11.6 Å². The molecule has 0 amide bonds. The molecule has 0 spiro atoms. The van der Waals surface area contributed by atoms with E-state index >= 15 is 0 Å². The molecule has 3 aromatic heterocycles. The van der Waals surface area contributed by atoms with Crippen LogP contribution >= 0.6 is 0 Å². The minimum absolute atomic E-state index is 0.0827. The number of fused-ring (bicyclic) bond motifs is 3. The first-order valence-corrected chi connectivity index (χ1v) is 15.3. The van der Waals surface area contributed by atoms with E-state index in [1.165, 1.54) is 31.6 Å². The molecule has 2 aromatic carbocycles. The second-order valence-electron chi connectivity index (χ2n) is 9.66. The van der Waals surface area contributed by atoms with E-state index < -0.39 is 20.0 Å². The third kappa shape index (κ3) is 4.45. The number of nitrogens with zero attached hydrogens (tertiary/aromatic N) is 5. The van der Waals surface area contributed by atoms with E-state index in [1.54, 1.807) is 42.5 Å². The van der Waals surface area contributed by atoms with Gasteiger partial charge in [-0.3, -0.25) is 4.40 Å². The zero-order valence-electron chi connectivity index (χ0n) is 21.2. The van der Waals surface area contributed by atoms with Gasteiger partial charge in [0.2, 0.25) is 10.0 Å². The van der Waals surface area contributed by atoms with Crippen LogP contribution in [-0.2, 0) is 20.0 Å². The predicted octanol–water partition coefficient (Wildman–Crippen LogP) is 3.25. The van der Waals surface area contributed by atoms with Crippen LogP contribution in [0.4, 0.5) is 0 Å². The zero-order chi connectivity index (χ0) is 27.4. The van der Waals surface area contributed by atoms with Gasteiger partial charge in [0.25, 0.3) is 10.0 Å². The zero-order valence-corrected chi connectivity index (χ0v) is 22.9. The Morgan fingerprint density at radius 2 is 1.77 bits per heavy atom. The molecule has 1 saturated carbocycles. The molecule has 0 unspecified atom stereocenters. The van der Waals surface area contributed by atoms with Gasteiger partial charge in [0.15, 0.2) is 11.3 Å². The molecule has 11 nitrogen and oxygen atoms in total. The van der Waals surface area contributed by atoms with Crippen LogP contribution in [0.3, 0.4) is 0 Å². The number of nitrogens with one attached hydrogen (secondary N) is 1. The SMILES string of the molecule is COc1cccc(S(=O)(=O)N[C@H]2CC[C@@H](c3nnc4cnc5c(ccn5S(=O)(=O)c5ccc(C)cc5)n34)C2)c1. The van der Waals surface area contributed by atoms with E-state index in [9.17, 15) is 16.8 Å². The molecule has 39 heavy (non-hydrogen) atoms. The minimum atomic E-state index is -3.87. The standard InChI is InChI=1S/C26H26N6O5S2/c1-17-6-10-21(11-7-17)39(35,36)31-13-12-23-26(31)27-16-24-28-29-25(32(23)24)18-8-9-19(14-18)30-38(33,34)22-5-3-4-20(15-22)37-2/h3-7,10-13,15-16,18-19,30H,8-9,14H2,1-2H3/t18-,19+/m1/s1. The van der Waals surface area contributed by atoms with E-state index in [1.807, 2.05) is 11.3 Å². The number of methoxy groups -OCH3 is 1. The third-order valence-corrected chi connectivity index (χ3v) is 10.3. The Morgan fingerprint density at radius 1 is 0.974 bits per heavy atom. The van der Waals surface area contributed by atoms with Crippen LogP contribution in [0.1, 0.15) is 36.6 Å². The Hall–Kier alpha value is -3.81. The summed E-state index contributed by atoms with van der Waals surface area (Å²) >= 11 is 0. The van der Waals surface area contributed by atoms with Crippen molar-refractivity contribution in [2.45, 2.75) is 47.9 Å². The summed E-state index contributed by atoms with van der Waals surface area (Å²) in [7, 11) is -6.12. The molecule has 1 N–H and O–H groups in total. The van der Waals surface area contributed by atoms with Gasteiger partial charge in [-0.1, -0.05) is 23.8 Å². The highest BCUT2D eigenvalue weighted by atomic mass is 32.2. The van der Waals surface area contributed by atoms with E-state index in [4.69, 9.17) is 4.74 Å². The van der Waals surface area contributed by atoms with Crippen molar-refractivity contribution < 1.29 is 21.6 Å². The van der Waals surface area contributed by atoms with Crippen molar-refractivity contribution in [2.75, 3.05) is 7.11 Å². The average Bonchev–Trinajstić information content (AvgIpc) is 3.66. The number of hydrogen-bond acceptors (Lipinski definition) is 8. The molecule has 13 heteroatoms. The maximum Gasteiger partial charge on any atom is 0.269 e. The van der Waals surface area contributed by atoms with E-state index in [0.29, 0.717) is 42.0 Å². The molecule has 3 heterocycles. The smallest absolute Gasteiger partial charge is 0.269 e. The van der Waals surface area contributed by atoms with Crippen molar-refractivity contribution in [1.82, 2.24) is 28.3 Å². The van der Waals surface area contributed by atoms with Crippen molar-refractivity contribution in [3.05, 3.63) is 78.4 Å². The van der Waals surface area contributed by atoms with Gasteiger partial charge in [0.05, 0.1) is 28.6 Å². The quantitative estimate of drug-likeness (QED) is 0.317. The lowest BCUT2D eigenvalue weighted by molar-refractivity contribution is 0.413. The Morgan fingerprint density at radius 3 is 2.54 bits per heavy atom. The second kappa shape index (κ2) is 9.43. The van der Waals surface area contributed by atoms with Crippen LogP contribution in [0.5, 0.6) is 5.75 Å². The fourth-order valence-electron chi connectivity index (χ4n) is 5.11. The Bertz CT molecular complexity index is 1910. The molecule has 0 aliphatic heterocycles. The van der Waals surface area contributed by atoms with Gasteiger partial charge in [-0.05, 0) is 56.5 Å². The Balaban J connectivity index is 1.31. The van der Waals surface area contributed by atoms with Gasteiger partial charge in [0, 0.05) is 24.2 Å². The normalized spacial score (nSPS) is 18.2. The number of rotatable bonds is 7. The lowest BCUT2D eigenvalue weighted by Gasteiger charge is -2.14. The lowest BCUT2D eigenvalue weighted by atomic mass is 10.1. The van der Waals surface area contributed by atoms with E-state index in [-0.39, 0.29) is 27.4 Å². The Labute approximate surface area is 225 Å². The van der Waals surface area contributed by atoms with Crippen molar-refractivity contribution in [3.8, 4) is 5.75 Å². The van der Waals surface area contributed by atoms with Crippen molar-refractivity contribution in [3.63, 3.8) is 0 Å². The number of benzene rings is 2. The second-order valence-corrected chi connectivity index (χ2v) is 13.2. The summed E-state index contributed by atoms with van der Waals surface area (Å²) in [6.07, 6.45) is 4.82. The molecular formula is C26H26N6O5S2.